The number of carbonyl (C=O) groups excluding carboxylic acids is 2. The van der Waals surface area contributed by atoms with Gasteiger partial charge < -0.3 is 19.5 Å². The number of halogens is 3. The molecule has 0 saturated heterocycles. The van der Waals surface area contributed by atoms with Crippen LogP contribution in [0.25, 0.3) is 0 Å². The van der Waals surface area contributed by atoms with Gasteiger partial charge in [0.05, 0.1) is 19.6 Å². The normalized spacial score (nSPS) is 11.2. The molecule has 33 heavy (non-hydrogen) atoms. The summed E-state index contributed by atoms with van der Waals surface area (Å²) in [7, 11) is 0. The maximum Gasteiger partial charge on any atom is 0.491 e. The van der Waals surface area contributed by atoms with Crippen LogP contribution >= 0.6 is 0 Å². The van der Waals surface area contributed by atoms with E-state index in [0.29, 0.717) is 32.1 Å². The summed E-state index contributed by atoms with van der Waals surface area (Å²) < 4.78 is 51.2. The molecule has 0 aliphatic carbocycles. The predicted octanol–water partition coefficient (Wildman–Crippen LogP) is 4.56. The van der Waals surface area contributed by atoms with Gasteiger partial charge in [-0.25, -0.2) is 4.79 Å². The molecule has 0 amide bonds. The highest BCUT2D eigenvalue weighted by Crippen LogP contribution is 2.17. The number of carbonyl (C=O) groups is 2. The van der Waals surface area contributed by atoms with Crippen molar-refractivity contribution in [1.29, 1.82) is 0 Å². The molecule has 0 saturated carbocycles. The van der Waals surface area contributed by atoms with Gasteiger partial charge >= 0.3 is 18.1 Å². The van der Waals surface area contributed by atoms with Gasteiger partial charge in [-0.1, -0.05) is 42.5 Å². The Bertz CT molecular complexity index is 859. The summed E-state index contributed by atoms with van der Waals surface area (Å²) >= 11 is 0. The van der Waals surface area contributed by atoms with Crippen molar-refractivity contribution >= 4 is 11.9 Å². The summed E-state index contributed by atoms with van der Waals surface area (Å²) in [5, 5.41) is 2.92. The summed E-state index contributed by atoms with van der Waals surface area (Å²) in [4.78, 5) is 21.8. The van der Waals surface area contributed by atoms with E-state index in [4.69, 9.17) is 9.47 Å². The second kappa shape index (κ2) is 14.3. The Morgan fingerprint density at radius 1 is 0.879 bits per heavy atom. The Morgan fingerprint density at radius 3 is 2.36 bits per heavy atom. The Hall–Kier alpha value is -2.91. The lowest BCUT2D eigenvalue weighted by Crippen LogP contribution is -2.29. The SMILES string of the molecule is O=C(CCNCc1cccc(OCCCCCOCc2ccccc2)c1)OC(=O)C(F)(F)F. The molecule has 2 aromatic carbocycles. The molecule has 0 unspecified atom stereocenters. The fourth-order valence-electron chi connectivity index (χ4n) is 2.82. The quantitative estimate of drug-likeness (QED) is 0.249. The van der Waals surface area contributed by atoms with Gasteiger partial charge in [-0.05, 0) is 42.5 Å². The zero-order valence-electron chi connectivity index (χ0n) is 18.2. The Kier molecular flexibility index (Phi) is 11.4. The lowest BCUT2D eigenvalue weighted by molar-refractivity contribution is -0.201. The third-order valence-electron chi connectivity index (χ3n) is 4.48. The molecule has 0 aliphatic heterocycles. The average molecular weight is 467 g/mol. The smallest absolute Gasteiger partial charge is 0.491 e. The number of nitrogens with one attached hydrogen (secondary N) is 1. The van der Waals surface area contributed by atoms with Crippen molar-refractivity contribution in [3.05, 3.63) is 65.7 Å². The second-order valence-electron chi connectivity index (χ2n) is 7.28. The number of alkyl halides is 3. The molecule has 0 aliphatic rings. The van der Waals surface area contributed by atoms with Crippen LogP contribution in [0.1, 0.15) is 36.8 Å². The van der Waals surface area contributed by atoms with Gasteiger partial charge in [-0.2, -0.15) is 13.2 Å². The lowest BCUT2D eigenvalue weighted by Gasteiger charge is -2.09. The zero-order chi connectivity index (χ0) is 23.9. The predicted molar refractivity (Wildman–Crippen MR) is 115 cm³/mol. The lowest BCUT2D eigenvalue weighted by atomic mass is 10.2. The van der Waals surface area contributed by atoms with Crippen molar-refractivity contribution in [2.24, 2.45) is 0 Å². The summed E-state index contributed by atoms with van der Waals surface area (Å²) in [5.41, 5.74) is 2.05. The topological polar surface area (TPSA) is 73.9 Å². The molecule has 0 heterocycles. The molecular weight excluding hydrogens is 439 g/mol. The van der Waals surface area contributed by atoms with Crippen molar-refractivity contribution in [2.75, 3.05) is 19.8 Å². The van der Waals surface area contributed by atoms with E-state index in [1.165, 1.54) is 0 Å². The van der Waals surface area contributed by atoms with Crippen LogP contribution in [0.15, 0.2) is 54.6 Å². The van der Waals surface area contributed by atoms with Crippen LogP contribution in [0.3, 0.4) is 0 Å². The van der Waals surface area contributed by atoms with E-state index in [-0.39, 0.29) is 13.0 Å². The summed E-state index contributed by atoms with van der Waals surface area (Å²) in [6.07, 6.45) is -2.69. The monoisotopic (exact) mass is 467 g/mol. The Balaban J connectivity index is 1.53. The molecule has 0 fully saturated rings. The number of unbranched alkanes of at least 4 members (excludes halogenated alkanes) is 2. The van der Waals surface area contributed by atoms with Crippen LogP contribution in [0, 0.1) is 0 Å². The molecule has 6 nitrogen and oxygen atoms in total. The van der Waals surface area contributed by atoms with Crippen LogP contribution < -0.4 is 10.1 Å². The Labute approximate surface area is 191 Å². The van der Waals surface area contributed by atoms with E-state index in [0.717, 1.165) is 30.4 Å². The van der Waals surface area contributed by atoms with Gasteiger partial charge in [0.25, 0.3) is 0 Å². The fourth-order valence-corrected chi connectivity index (χ4v) is 2.82. The molecule has 2 rings (SSSR count). The highest BCUT2D eigenvalue weighted by molar-refractivity contribution is 5.88. The second-order valence-corrected chi connectivity index (χ2v) is 7.28. The highest BCUT2D eigenvalue weighted by atomic mass is 19.4. The van der Waals surface area contributed by atoms with E-state index in [1.807, 2.05) is 54.6 Å². The van der Waals surface area contributed by atoms with Crippen LogP contribution in [-0.4, -0.2) is 37.9 Å². The van der Waals surface area contributed by atoms with Crippen LogP contribution in [0.4, 0.5) is 13.2 Å². The number of esters is 2. The minimum Gasteiger partial charge on any atom is -0.494 e. The molecule has 2 aromatic rings. The first kappa shape index (κ1) is 26.3. The van der Waals surface area contributed by atoms with Crippen LogP contribution in [0.5, 0.6) is 5.75 Å². The van der Waals surface area contributed by atoms with E-state index in [9.17, 15) is 22.8 Å². The maximum atomic E-state index is 12.0. The summed E-state index contributed by atoms with van der Waals surface area (Å²) in [6.45, 7) is 2.35. The number of ether oxygens (including phenoxy) is 3. The first-order valence-corrected chi connectivity index (χ1v) is 10.7. The van der Waals surface area contributed by atoms with Crippen LogP contribution in [0.2, 0.25) is 0 Å². The van der Waals surface area contributed by atoms with Crippen LogP contribution in [-0.2, 0) is 32.2 Å². The maximum absolute atomic E-state index is 12.0. The molecule has 0 spiro atoms. The average Bonchev–Trinajstić information content (AvgIpc) is 2.79. The first-order chi connectivity index (χ1) is 15.8. The fraction of sp³-hybridized carbons (Fsp3) is 0.417. The van der Waals surface area contributed by atoms with E-state index < -0.39 is 18.1 Å². The standard InChI is InChI=1S/C24H28F3NO5/c25-24(26,27)23(30)33-22(29)12-13-28-17-20-10-7-11-21(16-20)32-15-6-2-5-14-31-18-19-8-3-1-4-9-19/h1,3-4,7-11,16,28H,2,5-6,12-15,17-18H2. The molecule has 1 N–H and O–H groups in total. The Morgan fingerprint density at radius 2 is 1.61 bits per heavy atom. The van der Waals surface area contributed by atoms with Crippen molar-refractivity contribution in [2.45, 2.75) is 45.0 Å². The molecule has 0 radical (unpaired) electrons. The molecule has 9 heteroatoms. The van der Waals surface area contributed by atoms with Crippen molar-refractivity contribution < 1.29 is 37.0 Å². The summed E-state index contributed by atoms with van der Waals surface area (Å²) in [6, 6.07) is 17.4. The van der Waals surface area contributed by atoms with Gasteiger partial charge in [0.15, 0.2) is 0 Å². The zero-order valence-corrected chi connectivity index (χ0v) is 18.2. The van der Waals surface area contributed by atoms with Gasteiger partial charge in [-0.3, -0.25) is 4.79 Å². The van der Waals surface area contributed by atoms with Gasteiger partial charge in [0, 0.05) is 19.7 Å². The molecule has 0 bridgehead atoms. The van der Waals surface area contributed by atoms with Gasteiger partial charge in [0.1, 0.15) is 5.75 Å². The van der Waals surface area contributed by atoms with E-state index in [2.05, 4.69) is 10.1 Å². The minimum absolute atomic E-state index is 0.0708. The van der Waals surface area contributed by atoms with Crippen molar-refractivity contribution in [3.63, 3.8) is 0 Å². The minimum atomic E-state index is -5.18. The number of hydrogen-bond donors (Lipinski definition) is 1. The number of hydrogen-bond acceptors (Lipinski definition) is 6. The molecular formula is C24H28F3NO5. The number of rotatable bonds is 14. The van der Waals surface area contributed by atoms with Crippen molar-refractivity contribution in [3.8, 4) is 5.75 Å². The first-order valence-electron chi connectivity index (χ1n) is 10.7. The third kappa shape index (κ3) is 11.5. The molecule has 0 aromatic heterocycles. The largest absolute Gasteiger partial charge is 0.494 e. The highest BCUT2D eigenvalue weighted by Gasteiger charge is 2.42. The van der Waals surface area contributed by atoms with Crippen molar-refractivity contribution in [1.82, 2.24) is 5.32 Å². The number of benzene rings is 2. The molecule has 180 valence electrons. The summed E-state index contributed by atoms with van der Waals surface area (Å²) in [5.74, 6) is -3.02. The van der Waals surface area contributed by atoms with E-state index >= 15 is 0 Å². The van der Waals surface area contributed by atoms with E-state index in [1.54, 1.807) is 0 Å². The third-order valence-corrected chi connectivity index (χ3v) is 4.48. The van der Waals surface area contributed by atoms with Gasteiger partial charge in [-0.15, -0.1) is 0 Å². The molecule has 0 atom stereocenters. The van der Waals surface area contributed by atoms with Gasteiger partial charge in [0.2, 0.25) is 0 Å².